The number of ether oxygens (including phenoxy) is 4. The second-order valence-corrected chi connectivity index (χ2v) is 8.91. The second kappa shape index (κ2) is 8.91. The summed E-state index contributed by atoms with van der Waals surface area (Å²) >= 11 is 1.17. The molecule has 0 spiro atoms. The first-order valence-electron chi connectivity index (χ1n) is 10.7. The number of carbonyl (C=O) groups is 2. The summed E-state index contributed by atoms with van der Waals surface area (Å²) in [6.45, 7) is 2.53. The molecule has 180 valence electrons. The maximum absolute atomic E-state index is 13.3. The summed E-state index contributed by atoms with van der Waals surface area (Å²) in [5.41, 5.74) is 0.742. The third-order valence-electron chi connectivity index (χ3n) is 5.70. The zero-order valence-electron chi connectivity index (χ0n) is 19.1. The van der Waals surface area contributed by atoms with Crippen molar-refractivity contribution in [1.82, 2.24) is 10.2 Å². The average molecular weight is 496 g/mol. The van der Waals surface area contributed by atoms with Gasteiger partial charge in [-0.3, -0.25) is 14.5 Å². The highest BCUT2D eigenvalue weighted by Gasteiger charge is 2.48. The molecule has 1 saturated heterocycles. The van der Waals surface area contributed by atoms with E-state index in [2.05, 4.69) is 10.2 Å². The lowest BCUT2D eigenvalue weighted by molar-refractivity contribution is -0.132. The SMILES string of the molecule is COc1ccc(C2C(=C(O)c3ccc4c(c3)OCCO4)C(=O)C(=O)N2c2nnc(C)s2)cc1OC. The Morgan fingerprint density at radius 2 is 1.77 bits per heavy atom. The number of hydrogen-bond acceptors (Lipinski definition) is 10. The van der Waals surface area contributed by atoms with Gasteiger partial charge in [0.2, 0.25) is 5.13 Å². The van der Waals surface area contributed by atoms with E-state index in [1.54, 1.807) is 43.3 Å². The van der Waals surface area contributed by atoms with E-state index in [4.69, 9.17) is 18.9 Å². The molecule has 2 aromatic carbocycles. The molecule has 0 bridgehead atoms. The molecule has 5 rings (SSSR count). The van der Waals surface area contributed by atoms with Gasteiger partial charge in [-0.1, -0.05) is 17.4 Å². The largest absolute Gasteiger partial charge is 0.507 e. The van der Waals surface area contributed by atoms with Gasteiger partial charge in [0.1, 0.15) is 24.0 Å². The number of Topliss-reactive ketones (excluding diaryl/α,β-unsaturated/α-hetero) is 1. The lowest BCUT2D eigenvalue weighted by atomic mass is 9.95. The number of ketones is 1. The highest BCUT2D eigenvalue weighted by Crippen LogP contribution is 2.45. The smallest absolute Gasteiger partial charge is 0.301 e. The molecule has 1 atom stereocenters. The monoisotopic (exact) mass is 495 g/mol. The summed E-state index contributed by atoms with van der Waals surface area (Å²) in [6.07, 6.45) is 0. The van der Waals surface area contributed by atoms with Gasteiger partial charge in [-0.2, -0.15) is 0 Å². The quantitative estimate of drug-likeness (QED) is 0.323. The molecular formula is C24H21N3O7S. The van der Waals surface area contributed by atoms with Crippen LogP contribution in [-0.4, -0.2) is 54.4 Å². The van der Waals surface area contributed by atoms with Crippen LogP contribution in [-0.2, 0) is 9.59 Å². The van der Waals surface area contributed by atoms with E-state index >= 15 is 0 Å². The van der Waals surface area contributed by atoms with Gasteiger partial charge in [0, 0.05) is 5.56 Å². The van der Waals surface area contributed by atoms with Crippen LogP contribution in [0.1, 0.15) is 22.2 Å². The van der Waals surface area contributed by atoms with Crippen molar-refractivity contribution in [3.05, 3.63) is 58.1 Å². The molecule has 11 heteroatoms. The van der Waals surface area contributed by atoms with Gasteiger partial charge in [0.25, 0.3) is 5.78 Å². The molecule has 3 heterocycles. The Balaban J connectivity index is 1.70. The molecular weight excluding hydrogens is 474 g/mol. The van der Waals surface area contributed by atoms with Gasteiger partial charge in [-0.15, -0.1) is 10.2 Å². The number of benzene rings is 2. The lowest BCUT2D eigenvalue weighted by Gasteiger charge is -2.23. The van der Waals surface area contributed by atoms with E-state index in [1.807, 2.05) is 0 Å². The number of rotatable bonds is 5. The molecule has 3 aromatic rings. The normalized spacial score (nSPS) is 18.6. The summed E-state index contributed by atoms with van der Waals surface area (Å²) in [4.78, 5) is 27.8. The summed E-state index contributed by atoms with van der Waals surface area (Å²) in [7, 11) is 3.00. The van der Waals surface area contributed by atoms with Gasteiger partial charge in [-0.05, 0) is 42.8 Å². The molecule has 1 aromatic heterocycles. The highest BCUT2D eigenvalue weighted by atomic mass is 32.1. The highest BCUT2D eigenvalue weighted by molar-refractivity contribution is 7.15. The molecule has 35 heavy (non-hydrogen) atoms. The maximum atomic E-state index is 13.3. The standard InChI is InChI=1S/C24H21N3O7S/c1-12-25-26-24(35-12)27-20(13-4-6-15(31-2)17(10-13)32-3)19(22(29)23(27)30)21(28)14-5-7-16-18(11-14)34-9-8-33-16/h4-7,10-11,20,28H,8-9H2,1-3H3. The van der Waals surface area contributed by atoms with Gasteiger partial charge in [0.15, 0.2) is 23.0 Å². The Bertz CT molecular complexity index is 1370. The predicted molar refractivity (Wildman–Crippen MR) is 126 cm³/mol. The van der Waals surface area contributed by atoms with Gasteiger partial charge in [-0.25, -0.2) is 0 Å². The maximum Gasteiger partial charge on any atom is 0.301 e. The van der Waals surface area contributed by atoms with Crippen molar-refractivity contribution in [1.29, 1.82) is 0 Å². The number of anilines is 1. The number of aromatic nitrogens is 2. The fourth-order valence-electron chi connectivity index (χ4n) is 4.10. The minimum atomic E-state index is -0.977. The zero-order valence-corrected chi connectivity index (χ0v) is 19.9. The van der Waals surface area contributed by atoms with E-state index in [0.29, 0.717) is 52.3 Å². The van der Waals surface area contributed by atoms with E-state index in [0.717, 1.165) is 0 Å². The molecule has 2 aliphatic rings. The van der Waals surface area contributed by atoms with E-state index in [9.17, 15) is 14.7 Å². The molecule has 1 N–H and O–H groups in total. The first-order chi connectivity index (χ1) is 16.9. The first-order valence-corrected chi connectivity index (χ1v) is 11.5. The van der Waals surface area contributed by atoms with Crippen molar-refractivity contribution in [2.24, 2.45) is 0 Å². The van der Waals surface area contributed by atoms with Crippen LogP contribution < -0.4 is 23.8 Å². The van der Waals surface area contributed by atoms with Crippen molar-refractivity contribution >= 4 is 33.9 Å². The number of fused-ring (bicyclic) bond motifs is 1. The fourth-order valence-corrected chi connectivity index (χ4v) is 4.81. The topological polar surface area (TPSA) is 120 Å². The van der Waals surface area contributed by atoms with Gasteiger partial charge < -0.3 is 24.1 Å². The number of aryl methyl sites for hydroxylation is 1. The van der Waals surface area contributed by atoms with E-state index in [1.165, 1.54) is 30.5 Å². The molecule has 0 aliphatic carbocycles. The van der Waals surface area contributed by atoms with E-state index in [-0.39, 0.29) is 16.5 Å². The predicted octanol–water partition coefficient (Wildman–Crippen LogP) is 3.26. The van der Waals surface area contributed by atoms with Crippen LogP contribution in [0.15, 0.2) is 42.0 Å². The Morgan fingerprint density at radius 1 is 1.03 bits per heavy atom. The molecule has 2 aliphatic heterocycles. The van der Waals surface area contributed by atoms with Crippen molar-refractivity contribution in [2.75, 3.05) is 32.3 Å². The van der Waals surface area contributed by atoms with Crippen LogP contribution in [0, 0.1) is 6.92 Å². The van der Waals surface area contributed by atoms with Crippen molar-refractivity contribution in [3.63, 3.8) is 0 Å². The number of methoxy groups -OCH3 is 2. The van der Waals surface area contributed by atoms with Crippen molar-refractivity contribution in [3.8, 4) is 23.0 Å². The Labute approximate surface area is 204 Å². The number of carbonyl (C=O) groups excluding carboxylic acids is 2. The van der Waals surface area contributed by atoms with Gasteiger partial charge >= 0.3 is 5.91 Å². The molecule has 0 saturated carbocycles. The van der Waals surface area contributed by atoms with Crippen molar-refractivity contribution in [2.45, 2.75) is 13.0 Å². The summed E-state index contributed by atoms with van der Waals surface area (Å²) in [5.74, 6) is -0.143. The van der Waals surface area contributed by atoms with Crippen LogP contribution in [0.3, 0.4) is 0 Å². The van der Waals surface area contributed by atoms with Gasteiger partial charge in [0.05, 0.1) is 25.8 Å². The van der Waals surface area contributed by atoms with Crippen LogP contribution in [0.2, 0.25) is 0 Å². The van der Waals surface area contributed by atoms with E-state index < -0.39 is 17.7 Å². The Kier molecular flexibility index (Phi) is 5.77. The Hall–Kier alpha value is -4.12. The van der Waals surface area contributed by atoms with Crippen molar-refractivity contribution < 1.29 is 33.6 Å². The second-order valence-electron chi connectivity index (χ2n) is 7.75. The number of amides is 1. The fraction of sp³-hybridized carbons (Fsp3) is 0.250. The summed E-state index contributed by atoms with van der Waals surface area (Å²) in [6, 6.07) is 8.90. The summed E-state index contributed by atoms with van der Waals surface area (Å²) in [5, 5.41) is 20.3. The molecule has 10 nitrogen and oxygen atoms in total. The van der Waals surface area contributed by atoms with Crippen LogP contribution in [0.5, 0.6) is 23.0 Å². The average Bonchev–Trinajstić information content (AvgIpc) is 3.42. The number of hydrogen-bond donors (Lipinski definition) is 1. The minimum Gasteiger partial charge on any atom is -0.507 e. The number of aliphatic hydroxyl groups is 1. The molecule has 0 radical (unpaired) electrons. The van der Waals surface area contributed by atoms with Crippen LogP contribution >= 0.6 is 11.3 Å². The first kappa shape index (κ1) is 22.7. The molecule has 1 fully saturated rings. The summed E-state index contributed by atoms with van der Waals surface area (Å²) < 4.78 is 21.9. The minimum absolute atomic E-state index is 0.0910. The lowest BCUT2D eigenvalue weighted by Crippen LogP contribution is -2.29. The molecule has 1 amide bonds. The Morgan fingerprint density at radius 3 is 2.46 bits per heavy atom. The third kappa shape index (κ3) is 3.83. The van der Waals surface area contributed by atoms with Crippen LogP contribution in [0.4, 0.5) is 5.13 Å². The number of aliphatic hydroxyl groups excluding tert-OH is 1. The molecule has 1 unspecified atom stereocenters. The number of nitrogens with zero attached hydrogens (tertiary/aromatic N) is 3. The zero-order chi connectivity index (χ0) is 24.7. The third-order valence-corrected chi connectivity index (χ3v) is 6.54. The van der Waals surface area contributed by atoms with Crippen LogP contribution in [0.25, 0.3) is 5.76 Å².